The van der Waals surface area contributed by atoms with E-state index < -0.39 is 8.32 Å². The molecular formula is C21H26N2OSi. The SMILES string of the molecule is CC(C)(C)[Si](OCCc1cnc[nH]1)(c1ccccc1)c1ccccc1. The van der Waals surface area contributed by atoms with Gasteiger partial charge in [-0.15, -0.1) is 0 Å². The van der Waals surface area contributed by atoms with Crippen molar-refractivity contribution in [3.63, 3.8) is 0 Å². The number of hydrogen-bond donors (Lipinski definition) is 1. The van der Waals surface area contributed by atoms with E-state index in [4.69, 9.17) is 4.43 Å². The zero-order valence-corrected chi connectivity index (χ0v) is 16.2. The topological polar surface area (TPSA) is 37.9 Å². The maximum atomic E-state index is 6.83. The Morgan fingerprint density at radius 1 is 0.920 bits per heavy atom. The van der Waals surface area contributed by atoms with Gasteiger partial charge in [0.2, 0.25) is 0 Å². The van der Waals surface area contributed by atoms with E-state index in [-0.39, 0.29) is 5.04 Å². The van der Waals surface area contributed by atoms with E-state index in [0.717, 1.165) is 12.1 Å². The summed E-state index contributed by atoms with van der Waals surface area (Å²) < 4.78 is 6.83. The molecule has 130 valence electrons. The van der Waals surface area contributed by atoms with Crippen LogP contribution in [0, 0.1) is 0 Å². The molecule has 0 aliphatic rings. The second-order valence-corrected chi connectivity index (χ2v) is 11.6. The number of aromatic nitrogens is 2. The summed E-state index contributed by atoms with van der Waals surface area (Å²) in [4.78, 5) is 7.27. The van der Waals surface area contributed by atoms with Gasteiger partial charge < -0.3 is 9.41 Å². The van der Waals surface area contributed by atoms with Gasteiger partial charge in [-0.05, 0) is 15.4 Å². The van der Waals surface area contributed by atoms with Gasteiger partial charge in [0.15, 0.2) is 0 Å². The highest BCUT2D eigenvalue weighted by Crippen LogP contribution is 2.36. The van der Waals surface area contributed by atoms with Gasteiger partial charge in [-0.1, -0.05) is 81.4 Å². The molecule has 0 saturated heterocycles. The predicted octanol–water partition coefficient (Wildman–Crippen LogP) is 3.53. The van der Waals surface area contributed by atoms with Crippen molar-refractivity contribution in [2.75, 3.05) is 6.61 Å². The molecule has 0 amide bonds. The maximum absolute atomic E-state index is 6.83. The summed E-state index contributed by atoms with van der Waals surface area (Å²) in [7, 11) is -2.42. The van der Waals surface area contributed by atoms with Crippen molar-refractivity contribution in [1.29, 1.82) is 0 Å². The molecular weight excluding hydrogens is 324 g/mol. The molecule has 4 heteroatoms. The van der Waals surface area contributed by atoms with Gasteiger partial charge in [-0.25, -0.2) is 4.98 Å². The molecule has 25 heavy (non-hydrogen) atoms. The Morgan fingerprint density at radius 3 is 1.92 bits per heavy atom. The summed E-state index contributed by atoms with van der Waals surface area (Å²) in [6.07, 6.45) is 4.43. The van der Waals surface area contributed by atoms with Crippen LogP contribution in [0.3, 0.4) is 0 Å². The monoisotopic (exact) mass is 350 g/mol. The molecule has 0 atom stereocenters. The van der Waals surface area contributed by atoms with Crippen molar-refractivity contribution in [2.45, 2.75) is 32.2 Å². The third-order valence-corrected chi connectivity index (χ3v) is 9.70. The third kappa shape index (κ3) is 3.60. The largest absolute Gasteiger partial charge is 0.407 e. The minimum Gasteiger partial charge on any atom is -0.407 e. The van der Waals surface area contributed by atoms with E-state index in [1.165, 1.54) is 10.4 Å². The molecule has 0 bridgehead atoms. The predicted molar refractivity (Wildman–Crippen MR) is 106 cm³/mol. The molecule has 1 heterocycles. The van der Waals surface area contributed by atoms with Crippen molar-refractivity contribution >= 4 is 18.7 Å². The zero-order chi connectivity index (χ0) is 17.8. The molecule has 1 N–H and O–H groups in total. The average molecular weight is 351 g/mol. The molecule has 0 unspecified atom stereocenters. The van der Waals surface area contributed by atoms with Gasteiger partial charge in [0.1, 0.15) is 0 Å². The number of rotatable bonds is 6. The van der Waals surface area contributed by atoms with Crippen LogP contribution in [0.25, 0.3) is 0 Å². The number of nitrogens with zero attached hydrogens (tertiary/aromatic N) is 1. The van der Waals surface area contributed by atoms with Gasteiger partial charge in [0.25, 0.3) is 8.32 Å². The highest BCUT2D eigenvalue weighted by molar-refractivity contribution is 6.99. The molecule has 0 aliphatic heterocycles. The van der Waals surface area contributed by atoms with Crippen molar-refractivity contribution in [2.24, 2.45) is 0 Å². The van der Waals surface area contributed by atoms with Gasteiger partial charge in [-0.2, -0.15) is 0 Å². The first kappa shape index (κ1) is 17.6. The van der Waals surface area contributed by atoms with Crippen LogP contribution in [0.5, 0.6) is 0 Å². The lowest BCUT2D eigenvalue weighted by atomic mass is 10.2. The van der Waals surface area contributed by atoms with Crippen LogP contribution in [-0.2, 0) is 10.8 Å². The lowest BCUT2D eigenvalue weighted by Crippen LogP contribution is -2.66. The van der Waals surface area contributed by atoms with Crippen molar-refractivity contribution in [3.05, 3.63) is 78.9 Å². The first-order chi connectivity index (χ1) is 12.0. The Kier molecular flexibility index (Phi) is 5.21. The number of benzene rings is 2. The van der Waals surface area contributed by atoms with E-state index in [1.54, 1.807) is 6.33 Å². The molecule has 3 nitrogen and oxygen atoms in total. The van der Waals surface area contributed by atoms with Crippen LogP contribution in [0.2, 0.25) is 5.04 Å². The number of hydrogen-bond acceptors (Lipinski definition) is 2. The molecule has 0 spiro atoms. The summed E-state index contributed by atoms with van der Waals surface area (Å²) in [5.74, 6) is 0. The quantitative estimate of drug-likeness (QED) is 0.691. The highest BCUT2D eigenvalue weighted by atomic mass is 28.4. The maximum Gasteiger partial charge on any atom is 0.261 e. The Morgan fingerprint density at radius 2 is 1.48 bits per heavy atom. The summed E-state index contributed by atoms with van der Waals surface area (Å²) in [6, 6.07) is 21.5. The molecule has 0 aliphatic carbocycles. The molecule has 1 aromatic heterocycles. The van der Waals surface area contributed by atoms with Crippen molar-refractivity contribution < 1.29 is 4.43 Å². The molecule has 3 aromatic rings. The molecule has 2 aromatic carbocycles. The fourth-order valence-electron chi connectivity index (χ4n) is 3.50. The second-order valence-electron chi connectivity index (χ2n) is 7.34. The van der Waals surface area contributed by atoms with E-state index in [9.17, 15) is 0 Å². The number of aromatic amines is 1. The smallest absolute Gasteiger partial charge is 0.261 e. The van der Waals surface area contributed by atoms with Crippen LogP contribution < -0.4 is 10.4 Å². The van der Waals surface area contributed by atoms with Crippen LogP contribution in [0.15, 0.2) is 73.2 Å². The number of nitrogens with one attached hydrogen (secondary N) is 1. The van der Waals surface area contributed by atoms with Crippen LogP contribution >= 0.6 is 0 Å². The van der Waals surface area contributed by atoms with E-state index in [1.807, 2.05) is 6.20 Å². The standard InChI is InChI=1S/C21H26N2OSi/c1-21(2,3)25(19-10-6-4-7-11-19,20-12-8-5-9-13-20)24-15-14-18-16-22-17-23-18/h4-13,16-17H,14-15H2,1-3H3,(H,22,23). The molecule has 0 fully saturated rings. The van der Waals surface area contributed by atoms with Crippen molar-refractivity contribution in [1.82, 2.24) is 9.97 Å². The summed E-state index contributed by atoms with van der Waals surface area (Å²) >= 11 is 0. The minimum atomic E-state index is -2.42. The van der Waals surface area contributed by atoms with Gasteiger partial charge in [0, 0.05) is 24.9 Å². The van der Waals surface area contributed by atoms with E-state index >= 15 is 0 Å². The summed E-state index contributed by atoms with van der Waals surface area (Å²) in [5.41, 5.74) is 1.11. The Balaban J connectivity index is 2.02. The van der Waals surface area contributed by atoms with Gasteiger partial charge >= 0.3 is 0 Å². The first-order valence-electron chi connectivity index (χ1n) is 8.76. The normalized spacial score (nSPS) is 12.3. The minimum absolute atomic E-state index is 0.0176. The van der Waals surface area contributed by atoms with Gasteiger partial charge in [-0.3, -0.25) is 0 Å². The average Bonchev–Trinajstić information content (AvgIpc) is 3.13. The third-order valence-electron chi connectivity index (χ3n) is 4.66. The first-order valence-corrected chi connectivity index (χ1v) is 10.7. The van der Waals surface area contributed by atoms with E-state index in [0.29, 0.717) is 6.61 Å². The van der Waals surface area contributed by atoms with Crippen LogP contribution in [0.4, 0.5) is 0 Å². The Hall–Kier alpha value is -2.17. The van der Waals surface area contributed by atoms with Gasteiger partial charge in [0.05, 0.1) is 6.33 Å². The fourth-order valence-corrected chi connectivity index (χ4v) is 8.06. The molecule has 0 saturated carbocycles. The second kappa shape index (κ2) is 7.38. The Labute approximate surface area is 151 Å². The number of H-pyrrole nitrogens is 1. The fraction of sp³-hybridized carbons (Fsp3) is 0.286. The van der Waals surface area contributed by atoms with Crippen LogP contribution in [-0.4, -0.2) is 24.9 Å². The summed E-state index contributed by atoms with van der Waals surface area (Å²) in [5, 5.41) is 2.65. The highest BCUT2D eigenvalue weighted by Gasteiger charge is 2.49. The molecule has 3 rings (SSSR count). The zero-order valence-electron chi connectivity index (χ0n) is 15.2. The lowest BCUT2D eigenvalue weighted by Gasteiger charge is -2.43. The summed E-state index contributed by atoms with van der Waals surface area (Å²) in [6.45, 7) is 7.58. The van der Waals surface area contributed by atoms with E-state index in [2.05, 4.69) is 91.4 Å². The van der Waals surface area contributed by atoms with Crippen LogP contribution in [0.1, 0.15) is 26.5 Å². The molecule has 0 radical (unpaired) electrons. The lowest BCUT2D eigenvalue weighted by molar-refractivity contribution is 0.301. The Bertz CT molecular complexity index is 725. The van der Waals surface area contributed by atoms with Crippen molar-refractivity contribution in [3.8, 4) is 0 Å². The number of imidazole rings is 1.